The monoisotopic (exact) mass is 378 g/mol. The van der Waals surface area contributed by atoms with E-state index < -0.39 is 5.91 Å². The highest BCUT2D eigenvalue weighted by atomic mass is 16.5. The third kappa shape index (κ3) is 4.02. The average molecular weight is 378 g/mol. The fourth-order valence-corrected chi connectivity index (χ4v) is 4.06. The van der Waals surface area contributed by atoms with Gasteiger partial charge in [-0.15, -0.1) is 0 Å². The molecule has 1 fully saturated rings. The normalized spacial score (nSPS) is 15.3. The standard InChI is InChI=1S/C22H26N4O2/c27-21(25-28)17-11-13-18(14-12-17)23-22-24-19-9-5-6-10-20(19)26(22)15-16-7-3-1-2-4-8-16/h5-6,9-14,16,28H,1-4,7-8,15H2,(H,23,24)(H,25,27). The smallest absolute Gasteiger partial charge is 0.274 e. The number of anilines is 2. The Labute approximate surface area is 164 Å². The second-order valence-electron chi connectivity index (χ2n) is 7.54. The quantitative estimate of drug-likeness (QED) is 0.336. The van der Waals surface area contributed by atoms with Crippen molar-refractivity contribution in [1.29, 1.82) is 0 Å². The number of hydroxylamine groups is 1. The summed E-state index contributed by atoms with van der Waals surface area (Å²) >= 11 is 0. The Hall–Kier alpha value is -2.86. The summed E-state index contributed by atoms with van der Waals surface area (Å²) in [4.78, 5) is 16.3. The largest absolute Gasteiger partial charge is 0.326 e. The van der Waals surface area contributed by atoms with Crippen molar-refractivity contribution < 1.29 is 10.0 Å². The number of fused-ring (bicyclic) bond motifs is 1. The molecule has 1 heterocycles. The van der Waals surface area contributed by atoms with Crippen LogP contribution < -0.4 is 10.8 Å². The van der Waals surface area contributed by atoms with Crippen LogP contribution in [0.2, 0.25) is 0 Å². The number of aromatic nitrogens is 2. The molecule has 0 spiro atoms. The lowest BCUT2D eigenvalue weighted by molar-refractivity contribution is 0.0706. The summed E-state index contributed by atoms with van der Waals surface area (Å²) in [5, 5.41) is 12.2. The molecule has 1 aromatic heterocycles. The molecule has 0 atom stereocenters. The third-order valence-corrected chi connectivity index (χ3v) is 5.57. The van der Waals surface area contributed by atoms with Gasteiger partial charge >= 0.3 is 0 Å². The fraction of sp³-hybridized carbons (Fsp3) is 0.364. The highest BCUT2D eigenvalue weighted by Crippen LogP contribution is 2.29. The van der Waals surface area contributed by atoms with Gasteiger partial charge in [0.05, 0.1) is 11.0 Å². The highest BCUT2D eigenvalue weighted by molar-refractivity contribution is 5.93. The molecule has 0 saturated heterocycles. The molecule has 146 valence electrons. The Balaban J connectivity index is 1.61. The first-order chi connectivity index (χ1) is 13.7. The van der Waals surface area contributed by atoms with Gasteiger partial charge in [-0.25, -0.2) is 10.5 Å². The summed E-state index contributed by atoms with van der Waals surface area (Å²) in [6, 6.07) is 15.2. The van der Waals surface area contributed by atoms with Crippen molar-refractivity contribution in [2.24, 2.45) is 5.92 Å². The molecule has 3 aromatic rings. The third-order valence-electron chi connectivity index (χ3n) is 5.57. The lowest BCUT2D eigenvalue weighted by atomic mass is 10.0. The molecule has 3 N–H and O–H groups in total. The van der Waals surface area contributed by atoms with Crippen molar-refractivity contribution in [3.05, 3.63) is 54.1 Å². The van der Waals surface area contributed by atoms with Crippen molar-refractivity contribution in [1.82, 2.24) is 15.0 Å². The van der Waals surface area contributed by atoms with Crippen LogP contribution in [-0.2, 0) is 6.54 Å². The molecule has 2 aromatic carbocycles. The van der Waals surface area contributed by atoms with Crippen molar-refractivity contribution in [3.63, 3.8) is 0 Å². The molecule has 4 rings (SSSR count). The van der Waals surface area contributed by atoms with Crippen molar-refractivity contribution >= 4 is 28.6 Å². The summed E-state index contributed by atoms with van der Waals surface area (Å²) in [5.74, 6) is 0.980. The van der Waals surface area contributed by atoms with E-state index in [-0.39, 0.29) is 0 Å². The first-order valence-electron chi connectivity index (χ1n) is 10.0. The minimum absolute atomic E-state index is 0.403. The van der Waals surface area contributed by atoms with Crippen LogP contribution in [-0.4, -0.2) is 20.7 Å². The molecule has 6 nitrogen and oxygen atoms in total. The van der Waals surface area contributed by atoms with E-state index >= 15 is 0 Å². The van der Waals surface area contributed by atoms with E-state index in [1.54, 1.807) is 17.6 Å². The van der Waals surface area contributed by atoms with Gasteiger partial charge in [-0.05, 0) is 55.2 Å². The maximum absolute atomic E-state index is 11.5. The lowest BCUT2D eigenvalue weighted by Gasteiger charge is -2.18. The molecule has 6 heteroatoms. The Kier molecular flexibility index (Phi) is 5.58. The van der Waals surface area contributed by atoms with E-state index in [2.05, 4.69) is 22.0 Å². The number of nitrogens with one attached hydrogen (secondary N) is 2. The molecule has 1 saturated carbocycles. The molecular formula is C22H26N4O2. The Bertz CT molecular complexity index is 941. The van der Waals surface area contributed by atoms with E-state index in [1.807, 2.05) is 24.3 Å². The van der Waals surface area contributed by atoms with Gasteiger partial charge in [0.1, 0.15) is 0 Å². The maximum atomic E-state index is 11.5. The summed E-state index contributed by atoms with van der Waals surface area (Å²) in [5.41, 5.74) is 5.03. The van der Waals surface area contributed by atoms with Gasteiger partial charge in [0, 0.05) is 17.8 Å². The van der Waals surface area contributed by atoms with Gasteiger partial charge in [-0.3, -0.25) is 10.0 Å². The number of imidazole rings is 1. The molecule has 0 radical (unpaired) electrons. The molecular weight excluding hydrogens is 352 g/mol. The number of benzene rings is 2. The summed E-state index contributed by atoms with van der Waals surface area (Å²) in [6.07, 6.45) is 7.87. The predicted octanol–water partition coefficient (Wildman–Crippen LogP) is 4.87. The Morgan fingerprint density at radius 1 is 1.04 bits per heavy atom. The Morgan fingerprint density at radius 3 is 2.46 bits per heavy atom. The van der Waals surface area contributed by atoms with Gasteiger partial charge in [0.15, 0.2) is 0 Å². The topological polar surface area (TPSA) is 79.2 Å². The maximum Gasteiger partial charge on any atom is 0.274 e. The van der Waals surface area contributed by atoms with Crippen LogP contribution in [0.3, 0.4) is 0 Å². The molecule has 28 heavy (non-hydrogen) atoms. The van der Waals surface area contributed by atoms with Crippen LogP contribution in [0.4, 0.5) is 11.6 Å². The van der Waals surface area contributed by atoms with Gasteiger partial charge in [-0.2, -0.15) is 0 Å². The summed E-state index contributed by atoms with van der Waals surface area (Å²) in [7, 11) is 0. The first-order valence-corrected chi connectivity index (χ1v) is 10.0. The molecule has 1 aliphatic carbocycles. The van der Waals surface area contributed by atoms with Crippen molar-refractivity contribution in [2.75, 3.05) is 5.32 Å². The van der Waals surface area contributed by atoms with Gasteiger partial charge in [0.25, 0.3) is 5.91 Å². The van der Waals surface area contributed by atoms with E-state index in [4.69, 9.17) is 10.2 Å². The molecule has 0 unspecified atom stereocenters. The van der Waals surface area contributed by atoms with E-state index in [0.717, 1.165) is 29.2 Å². The van der Waals surface area contributed by atoms with Gasteiger partial charge in [-0.1, -0.05) is 37.8 Å². The predicted molar refractivity (Wildman–Crippen MR) is 110 cm³/mol. The fourth-order valence-electron chi connectivity index (χ4n) is 4.06. The van der Waals surface area contributed by atoms with Crippen LogP contribution in [0.1, 0.15) is 48.9 Å². The van der Waals surface area contributed by atoms with Crippen LogP contribution in [0.5, 0.6) is 0 Å². The highest BCUT2D eigenvalue weighted by Gasteiger charge is 2.17. The second kappa shape index (κ2) is 8.44. The van der Waals surface area contributed by atoms with Gasteiger partial charge in [0.2, 0.25) is 5.95 Å². The zero-order chi connectivity index (χ0) is 19.3. The van der Waals surface area contributed by atoms with E-state index in [0.29, 0.717) is 11.5 Å². The average Bonchev–Trinajstić information content (AvgIpc) is 2.89. The number of hydrogen-bond acceptors (Lipinski definition) is 4. The minimum atomic E-state index is -0.521. The van der Waals surface area contributed by atoms with E-state index in [1.165, 1.54) is 38.5 Å². The molecule has 1 amide bonds. The summed E-state index contributed by atoms with van der Waals surface area (Å²) < 4.78 is 2.29. The first kappa shape index (κ1) is 18.5. The SMILES string of the molecule is O=C(NO)c1ccc(Nc2nc3ccccc3n2CC2CCCCCC2)cc1. The van der Waals surface area contributed by atoms with Crippen molar-refractivity contribution in [3.8, 4) is 0 Å². The number of carbonyl (C=O) groups is 1. The number of rotatable bonds is 5. The minimum Gasteiger partial charge on any atom is -0.326 e. The summed E-state index contributed by atoms with van der Waals surface area (Å²) in [6.45, 7) is 0.966. The zero-order valence-electron chi connectivity index (χ0n) is 15.9. The van der Waals surface area contributed by atoms with E-state index in [9.17, 15) is 4.79 Å². The number of para-hydroxylation sites is 2. The van der Waals surface area contributed by atoms with Crippen LogP contribution in [0, 0.1) is 5.92 Å². The number of carbonyl (C=O) groups excluding carboxylic acids is 1. The molecule has 1 aliphatic rings. The number of nitrogens with zero attached hydrogens (tertiary/aromatic N) is 2. The van der Waals surface area contributed by atoms with Crippen LogP contribution in [0.15, 0.2) is 48.5 Å². The van der Waals surface area contributed by atoms with Crippen LogP contribution in [0.25, 0.3) is 11.0 Å². The van der Waals surface area contributed by atoms with Gasteiger partial charge < -0.3 is 9.88 Å². The second-order valence-corrected chi connectivity index (χ2v) is 7.54. The number of amides is 1. The number of hydrogen-bond donors (Lipinski definition) is 3. The molecule has 0 bridgehead atoms. The lowest BCUT2D eigenvalue weighted by Crippen LogP contribution is -2.18. The van der Waals surface area contributed by atoms with Crippen LogP contribution >= 0.6 is 0 Å². The van der Waals surface area contributed by atoms with Crippen molar-refractivity contribution in [2.45, 2.75) is 45.1 Å². The zero-order valence-corrected chi connectivity index (χ0v) is 15.9. The molecule has 0 aliphatic heterocycles. The Morgan fingerprint density at radius 2 is 1.75 bits per heavy atom.